The van der Waals surface area contributed by atoms with Gasteiger partial charge < -0.3 is 103 Å². The van der Waals surface area contributed by atoms with Crippen LogP contribution in [0.15, 0.2) is 0 Å². The van der Waals surface area contributed by atoms with Gasteiger partial charge in [-0.1, -0.05) is 66.2 Å². The number of amides is 7. The molecule has 3 aliphatic rings. The zero-order valence-corrected chi connectivity index (χ0v) is 79.6. The highest BCUT2D eigenvalue weighted by molar-refractivity contribution is 5.85. The van der Waals surface area contributed by atoms with Gasteiger partial charge in [0.05, 0.1) is 31.0 Å². The summed E-state index contributed by atoms with van der Waals surface area (Å²) < 4.78 is 74.1. The van der Waals surface area contributed by atoms with Gasteiger partial charge in [-0.3, -0.25) is 86.3 Å². The molecule has 3 saturated heterocycles. The van der Waals surface area contributed by atoms with E-state index in [9.17, 15) is 91.4 Å². The third-order valence-corrected chi connectivity index (χ3v) is 22.6. The SMILES string of the molecule is CCC(OC(=O)CCC(=O)O)C(=O)N(CCCNC(=O)CCCCCCC(=O)CCCCO[C@@H]1OC(COC(C)=O)[C@H](OC(C)=O)[C@H](C)C1NC(C)=O)CCCN(CCCNC(=O)CCCCCCC(=O)CCCCO[C@@H]1OC(COC(C)=O)[C@H](OC(C)=O)[C@H](C)C1NC(C)=O)C(=O)CCCCCCC(=O)CCCCO[C@@H]1OC(COC(C)=O)[C@H](OC(C)=O)[C@H](C)C1NC(C)=O. The second-order valence-electron chi connectivity index (χ2n) is 34.1. The number of aliphatic carboxylic acids is 1. The molecule has 0 aromatic carbocycles. The molecule has 7 amide bonds. The molecule has 131 heavy (non-hydrogen) atoms. The van der Waals surface area contributed by atoms with Crippen molar-refractivity contribution >= 4 is 106 Å². The summed E-state index contributed by atoms with van der Waals surface area (Å²) in [5.74, 6) is -8.82. The van der Waals surface area contributed by atoms with Crippen molar-refractivity contribution in [3.8, 4) is 0 Å². The number of carboxylic acids is 1. The van der Waals surface area contributed by atoms with E-state index in [0.29, 0.717) is 154 Å². The third kappa shape index (κ3) is 50.5. The van der Waals surface area contributed by atoms with E-state index in [1.54, 1.807) is 32.6 Å². The van der Waals surface area contributed by atoms with Crippen molar-refractivity contribution < 1.29 is 153 Å². The van der Waals surface area contributed by atoms with Crippen LogP contribution in [0.25, 0.3) is 0 Å². The fourth-order valence-corrected chi connectivity index (χ4v) is 15.8. The number of ketones is 3. The summed E-state index contributed by atoms with van der Waals surface area (Å²) in [5.41, 5.74) is 0. The maximum atomic E-state index is 14.3. The number of rotatable bonds is 69. The van der Waals surface area contributed by atoms with Gasteiger partial charge in [-0.15, -0.1) is 0 Å². The summed E-state index contributed by atoms with van der Waals surface area (Å²) in [7, 11) is 0. The number of carbonyl (C=O) groups is 18. The number of nitrogens with zero attached hydrogens (tertiary/aromatic N) is 2. The first-order valence-electron chi connectivity index (χ1n) is 46.9. The van der Waals surface area contributed by atoms with Gasteiger partial charge in [0.1, 0.15) is 73.8 Å². The number of hydrogen-bond acceptors (Lipinski definition) is 31. The minimum absolute atomic E-state index is 0.0543. The van der Waals surface area contributed by atoms with Crippen molar-refractivity contribution in [3.05, 3.63) is 0 Å². The molecule has 3 heterocycles. The van der Waals surface area contributed by atoms with Crippen LogP contribution >= 0.6 is 0 Å². The number of ether oxygens (including phenoxy) is 13. The Hall–Kier alpha value is -9.18. The molecule has 3 fully saturated rings. The second-order valence-corrected chi connectivity index (χ2v) is 34.1. The van der Waals surface area contributed by atoms with E-state index >= 15 is 0 Å². The first-order valence-corrected chi connectivity index (χ1v) is 46.9. The lowest BCUT2D eigenvalue weighted by Gasteiger charge is -2.44. The van der Waals surface area contributed by atoms with Crippen LogP contribution in [0.3, 0.4) is 0 Å². The quantitative estimate of drug-likeness (QED) is 0.0194. The molecule has 7 unspecified atom stereocenters. The van der Waals surface area contributed by atoms with Gasteiger partial charge in [-0.25, -0.2) is 0 Å². The van der Waals surface area contributed by atoms with Crippen molar-refractivity contribution in [2.45, 2.75) is 382 Å². The van der Waals surface area contributed by atoms with E-state index in [0.717, 1.165) is 6.42 Å². The highest BCUT2D eigenvalue weighted by Gasteiger charge is 2.50. The average Bonchev–Trinajstić information content (AvgIpc) is 0.804. The predicted molar refractivity (Wildman–Crippen MR) is 470 cm³/mol. The summed E-state index contributed by atoms with van der Waals surface area (Å²) in [4.78, 5) is 228. The van der Waals surface area contributed by atoms with Crippen LogP contribution in [0.1, 0.15) is 302 Å². The van der Waals surface area contributed by atoms with Crippen molar-refractivity contribution in [1.29, 1.82) is 0 Å². The second kappa shape index (κ2) is 66.2. The maximum absolute atomic E-state index is 14.3. The lowest BCUT2D eigenvalue weighted by molar-refractivity contribution is -0.262. The van der Waals surface area contributed by atoms with E-state index in [1.165, 1.54) is 67.2 Å². The zero-order chi connectivity index (χ0) is 97.3. The van der Waals surface area contributed by atoms with E-state index in [2.05, 4.69) is 26.6 Å². The molecule has 3 rings (SSSR count). The largest absolute Gasteiger partial charge is 0.481 e. The first kappa shape index (κ1) is 116. The molecule has 0 aromatic heterocycles. The minimum Gasteiger partial charge on any atom is -0.481 e. The van der Waals surface area contributed by atoms with Crippen LogP contribution in [0.4, 0.5) is 0 Å². The minimum atomic E-state index is -1.25. The van der Waals surface area contributed by atoms with Crippen molar-refractivity contribution in [1.82, 2.24) is 36.4 Å². The zero-order valence-electron chi connectivity index (χ0n) is 79.6. The molecule has 16 atom stereocenters. The number of esters is 7. The van der Waals surface area contributed by atoms with Crippen LogP contribution in [0.5, 0.6) is 0 Å². The van der Waals surface area contributed by atoms with E-state index in [-0.39, 0.29) is 170 Å². The Morgan fingerprint density at radius 3 is 0.947 bits per heavy atom. The molecule has 3 aliphatic heterocycles. The fraction of sp³-hybridized carbons (Fsp3) is 0.804. The highest BCUT2D eigenvalue weighted by Crippen LogP contribution is 2.34. The van der Waals surface area contributed by atoms with Gasteiger partial charge in [-0.05, 0) is 103 Å². The standard InChI is InChI=1S/C92H151N7O32/c1-14-74(128-82(117)46-45-81(115)116)89(118)99(50-34-48-94-79(113)43-25-19-16-22-37-72(110)40-28-31-54-120-91-84(96-63(6)101)60(3)87(126-69(12)107)76(130-91)57-123-66(9)104)52-35-51-98(80(114)44-26-20-17-23-38-73(111)41-29-32-55-121-92-85(97-64(7)102)61(4)88(127-70(13)108)77(131-92)58-124-67(10)105)49-33-47-93-78(112)42-24-18-15-21-36-71(109)39-27-30-53-119-90-83(95-62(5)100)59(2)86(125-68(11)106)75(129-90)56-122-65(8)103/h59-61,74-77,83-88,90-92H,14-58H2,1-13H3,(H,93,112)(H,94,113)(H,95,100)(H,96,101)(H,97,102)(H,115,116)/t59-,60-,61-,74?,75?,76?,77?,83?,84?,85?,86-,87-,88-,90-,91-,92-/m1/s1. The molecule has 0 bridgehead atoms. The van der Waals surface area contributed by atoms with E-state index in [1.807, 2.05) is 0 Å². The molecule has 746 valence electrons. The topological polar surface area (TPSA) is 514 Å². The molecule has 39 heteroatoms. The van der Waals surface area contributed by atoms with Crippen molar-refractivity contribution in [2.24, 2.45) is 17.8 Å². The number of Topliss-reactive ketones (excluding diaryl/α,β-unsaturated/α-hetero) is 3. The first-order chi connectivity index (χ1) is 62.3. The Morgan fingerprint density at radius 2 is 0.641 bits per heavy atom. The molecular formula is C92H151N7O32. The van der Waals surface area contributed by atoms with Gasteiger partial charge in [-0.2, -0.15) is 0 Å². The Morgan fingerprint density at radius 1 is 0.344 bits per heavy atom. The number of carboxylic acid groups (broad SMARTS) is 1. The lowest BCUT2D eigenvalue weighted by atomic mass is 9.88. The Bertz CT molecular complexity index is 3580. The van der Waals surface area contributed by atoms with Crippen LogP contribution in [0, 0.1) is 17.8 Å². The highest BCUT2D eigenvalue weighted by atomic mass is 16.7. The Labute approximate surface area is 770 Å². The summed E-state index contributed by atoms with van der Waals surface area (Å²) >= 11 is 0. The number of nitrogens with one attached hydrogen (secondary N) is 5. The average molecular weight is 1870 g/mol. The predicted octanol–water partition coefficient (Wildman–Crippen LogP) is 7.60. The van der Waals surface area contributed by atoms with Gasteiger partial charge >= 0.3 is 47.8 Å². The van der Waals surface area contributed by atoms with Crippen LogP contribution in [0.2, 0.25) is 0 Å². The Kier molecular flexibility index (Phi) is 58.7. The fourth-order valence-electron chi connectivity index (χ4n) is 15.8. The Balaban J connectivity index is 1.57. The van der Waals surface area contributed by atoms with Crippen LogP contribution < -0.4 is 26.6 Å². The molecule has 0 radical (unpaired) electrons. The van der Waals surface area contributed by atoms with E-state index in [4.69, 9.17) is 61.6 Å². The van der Waals surface area contributed by atoms with Gasteiger partial charge in [0, 0.05) is 197 Å². The number of unbranched alkanes of at least 4 members (excludes halogenated alkanes) is 12. The normalized spacial score (nSPS) is 21.8. The van der Waals surface area contributed by atoms with Crippen molar-refractivity contribution in [2.75, 3.05) is 78.9 Å². The maximum Gasteiger partial charge on any atom is 0.307 e. The summed E-state index contributed by atoms with van der Waals surface area (Å²) in [6.07, 6.45) is 4.24. The molecular weight excluding hydrogens is 1720 g/mol. The molecule has 0 aliphatic carbocycles. The number of carbonyl (C=O) groups excluding carboxylic acids is 17. The summed E-state index contributed by atoms with van der Waals surface area (Å²) in [5, 5.41) is 23.6. The van der Waals surface area contributed by atoms with Crippen molar-refractivity contribution in [3.63, 3.8) is 0 Å². The lowest BCUT2D eigenvalue weighted by Crippen LogP contribution is -2.62. The molecule has 0 spiro atoms. The van der Waals surface area contributed by atoms with Gasteiger partial charge in [0.25, 0.3) is 5.91 Å². The monoisotopic (exact) mass is 1870 g/mol. The number of hydrogen-bond donors (Lipinski definition) is 6. The molecule has 6 N–H and O–H groups in total. The smallest absolute Gasteiger partial charge is 0.307 e. The van der Waals surface area contributed by atoms with E-state index < -0.39 is 164 Å². The summed E-state index contributed by atoms with van der Waals surface area (Å²) in [6.45, 7) is 19.5. The summed E-state index contributed by atoms with van der Waals surface area (Å²) in [6, 6.07) is -2.09. The van der Waals surface area contributed by atoms with Crippen LogP contribution in [-0.4, -0.2) is 280 Å². The van der Waals surface area contributed by atoms with Gasteiger partial charge in [0.15, 0.2) is 25.0 Å². The molecule has 39 nitrogen and oxygen atoms in total. The van der Waals surface area contributed by atoms with Gasteiger partial charge in [0.2, 0.25) is 35.4 Å². The van der Waals surface area contributed by atoms with Crippen LogP contribution in [-0.2, 0) is 148 Å². The molecule has 0 aromatic rings. The molecule has 0 saturated carbocycles. The third-order valence-electron chi connectivity index (χ3n) is 22.6.